The fourth-order valence-electron chi connectivity index (χ4n) is 1.32. The molecule has 0 N–H and O–H groups in total. The molecule has 0 bridgehead atoms. The number of hydrogen-bond donors (Lipinski definition) is 0. The number of imidazole rings is 1. The summed E-state index contributed by atoms with van der Waals surface area (Å²) in [6.07, 6.45) is 1.47. The predicted octanol–water partition coefficient (Wildman–Crippen LogP) is 2.25. The topological polar surface area (TPSA) is 39.2 Å². The van der Waals surface area contributed by atoms with Crippen molar-refractivity contribution in [1.82, 2.24) is 9.55 Å². The largest absolute Gasteiger partial charge is 0.274 e. The Kier molecular flexibility index (Phi) is 1.79. The maximum absolute atomic E-state index is 11.1. The second-order valence-corrected chi connectivity index (χ2v) is 2.92. The first-order valence-corrected chi connectivity index (χ1v) is 4.08. The van der Waals surface area contributed by atoms with E-state index in [1.54, 1.807) is 18.2 Å². The van der Waals surface area contributed by atoms with E-state index in [9.17, 15) is 4.79 Å². The second kappa shape index (κ2) is 2.96. The second-order valence-electron chi connectivity index (χ2n) is 2.92. The van der Waals surface area contributed by atoms with Gasteiger partial charge in [0.15, 0.2) is 5.69 Å². The summed E-state index contributed by atoms with van der Waals surface area (Å²) in [4.78, 5) is 18.5. The van der Waals surface area contributed by atoms with E-state index in [2.05, 4.69) is 9.83 Å². The van der Waals surface area contributed by atoms with Crippen molar-refractivity contribution in [3.63, 3.8) is 0 Å². The number of nitrogens with zero attached hydrogens (tertiary/aromatic N) is 3. The van der Waals surface area contributed by atoms with Crippen LogP contribution in [0.4, 0.5) is 5.69 Å². The molecule has 1 aromatic heterocycles. The van der Waals surface area contributed by atoms with Crippen molar-refractivity contribution in [2.75, 3.05) is 0 Å². The number of fused-ring (bicyclic) bond motifs is 1. The molecule has 14 heavy (non-hydrogen) atoms. The highest BCUT2D eigenvalue weighted by atomic mass is 16.1. The fourth-order valence-corrected chi connectivity index (χ4v) is 1.32. The molecule has 0 saturated heterocycles. The summed E-state index contributed by atoms with van der Waals surface area (Å²) < 4.78 is 1.46. The summed E-state index contributed by atoms with van der Waals surface area (Å²) in [7, 11) is 0. The van der Waals surface area contributed by atoms with Gasteiger partial charge in [0, 0.05) is 6.92 Å². The molecule has 68 valence electrons. The molecular weight excluding hydrogens is 178 g/mol. The number of benzene rings is 1. The highest BCUT2D eigenvalue weighted by molar-refractivity contribution is 5.90. The molecule has 0 saturated carbocycles. The summed E-state index contributed by atoms with van der Waals surface area (Å²) in [5.41, 5.74) is 1.95. The van der Waals surface area contributed by atoms with Crippen LogP contribution in [0.3, 0.4) is 0 Å². The number of carbonyl (C=O) groups excluding carboxylic acids is 1. The number of hydrogen-bond acceptors (Lipinski definition) is 2. The van der Waals surface area contributed by atoms with Gasteiger partial charge in [-0.1, -0.05) is 6.07 Å². The van der Waals surface area contributed by atoms with Gasteiger partial charge in [-0.25, -0.2) is 9.83 Å². The van der Waals surface area contributed by atoms with Crippen LogP contribution in [-0.4, -0.2) is 15.5 Å². The third-order valence-electron chi connectivity index (χ3n) is 2.00. The van der Waals surface area contributed by atoms with Crippen molar-refractivity contribution in [1.29, 1.82) is 0 Å². The van der Waals surface area contributed by atoms with Crippen LogP contribution in [0.1, 0.15) is 11.7 Å². The summed E-state index contributed by atoms with van der Waals surface area (Å²) in [6, 6.07) is 5.08. The summed E-state index contributed by atoms with van der Waals surface area (Å²) in [6.45, 7) is 8.31. The minimum absolute atomic E-state index is 0.0805. The fraction of sp³-hybridized carbons (Fsp3) is 0.100. The molecule has 0 aliphatic rings. The van der Waals surface area contributed by atoms with Gasteiger partial charge in [0.05, 0.1) is 17.6 Å². The maximum Gasteiger partial charge on any atom is 0.229 e. The van der Waals surface area contributed by atoms with Crippen LogP contribution in [-0.2, 0) is 0 Å². The third-order valence-corrected chi connectivity index (χ3v) is 2.00. The molecule has 4 heteroatoms. The van der Waals surface area contributed by atoms with Crippen LogP contribution in [0, 0.1) is 6.57 Å². The lowest BCUT2D eigenvalue weighted by molar-refractivity contribution is 0.0941. The summed E-state index contributed by atoms with van der Waals surface area (Å²) in [5.74, 6) is -0.0805. The lowest BCUT2D eigenvalue weighted by Crippen LogP contribution is -2.02. The van der Waals surface area contributed by atoms with Crippen molar-refractivity contribution in [3.05, 3.63) is 35.9 Å². The van der Waals surface area contributed by atoms with E-state index in [0.29, 0.717) is 11.2 Å². The molecular formula is C10H7N3O. The Morgan fingerprint density at radius 2 is 2.36 bits per heavy atom. The average Bonchev–Trinajstić information content (AvgIpc) is 2.59. The molecule has 0 spiro atoms. The Balaban J connectivity index is 2.73. The average molecular weight is 185 g/mol. The lowest BCUT2D eigenvalue weighted by atomic mass is 10.3. The van der Waals surface area contributed by atoms with E-state index < -0.39 is 0 Å². The number of aromatic nitrogens is 2. The molecule has 0 fully saturated rings. The van der Waals surface area contributed by atoms with Gasteiger partial charge in [0.2, 0.25) is 5.91 Å². The van der Waals surface area contributed by atoms with Crippen LogP contribution in [0.25, 0.3) is 15.9 Å². The van der Waals surface area contributed by atoms with Crippen molar-refractivity contribution in [2.45, 2.75) is 6.92 Å². The van der Waals surface area contributed by atoms with Gasteiger partial charge in [-0.05, 0) is 12.1 Å². The molecule has 1 heterocycles. The molecule has 2 aromatic rings. The first kappa shape index (κ1) is 8.45. The third kappa shape index (κ3) is 1.15. The zero-order valence-electron chi connectivity index (χ0n) is 7.56. The van der Waals surface area contributed by atoms with E-state index in [4.69, 9.17) is 6.57 Å². The molecule has 4 nitrogen and oxygen atoms in total. The number of carbonyl (C=O) groups is 1. The van der Waals surface area contributed by atoms with E-state index in [-0.39, 0.29) is 5.91 Å². The highest BCUT2D eigenvalue weighted by Crippen LogP contribution is 2.19. The molecule has 0 radical (unpaired) electrons. The minimum Gasteiger partial charge on any atom is -0.274 e. The minimum atomic E-state index is -0.0805. The SMILES string of the molecule is [C-]#[N+]c1ccc2c(c1)ncn2C(C)=O. The Morgan fingerprint density at radius 1 is 1.57 bits per heavy atom. The van der Waals surface area contributed by atoms with Crippen LogP contribution in [0.2, 0.25) is 0 Å². The van der Waals surface area contributed by atoms with E-state index in [0.717, 1.165) is 5.52 Å². The molecule has 1 aromatic carbocycles. The van der Waals surface area contributed by atoms with Crippen LogP contribution in [0.5, 0.6) is 0 Å². The molecule has 0 aliphatic carbocycles. The Morgan fingerprint density at radius 3 is 3.00 bits per heavy atom. The van der Waals surface area contributed by atoms with Crippen LogP contribution in [0.15, 0.2) is 24.5 Å². The predicted molar refractivity (Wildman–Crippen MR) is 52.3 cm³/mol. The Labute approximate surface area is 80.6 Å². The van der Waals surface area contributed by atoms with Gasteiger partial charge >= 0.3 is 0 Å². The highest BCUT2D eigenvalue weighted by Gasteiger charge is 2.05. The molecule has 0 unspecified atom stereocenters. The lowest BCUT2D eigenvalue weighted by Gasteiger charge is -1.96. The first-order valence-electron chi connectivity index (χ1n) is 4.08. The zero-order chi connectivity index (χ0) is 10.1. The standard InChI is InChI=1S/C10H7N3O/c1-7(14)13-6-12-9-5-8(11-2)3-4-10(9)13/h3-6H,1H3. The quantitative estimate of drug-likeness (QED) is 0.590. The summed E-state index contributed by atoms with van der Waals surface area (Å²) in [5, 5.41) is 0. The van der Waals surface area contributed by atoms with E-state index in [1.807, 2.05) is 0 Å². The van der Waals surface area contributed by atoms with Gasteiger partial charge in [-0.15, -0.1) is 0 Å². The summed E-state index contributed by atoms with van der Waals surface area (Å²) >= 11 is 0. The van der Waals surface area contributed by atoms with Gasteiger partial charge < -0.3 is 0 Å². The van der Waals surface area contributed by atoms with Gasteiger partial charge in [-0.3, -0.25) is 9.36 Å². The van der Waals surface area contributed by atoms with Crippen molar-refractivity contribution in [2.24, 2.45) is 0 Å². The van der Waals surface area contributed by atoms with Crippen LogP contribution < -0.4 is 0 Å². The van der Waals surface area contributed by atoms with Crippen LogP contribution >= 0.6 is 0 Å². The van der Waals surface area contributed by atoms with Gasteiger partial charge in [0.25, 0.3) is 0 Å². The molecule has 0 atom stereocenters. The van der Waals surface area contributed by atoms with Gasteiger partial charge in [-0.2, -0.15) is 0 Å². The van der Waals surface area contributed by atoms with Gasteiger partial charge in [0.1, 0.15) is 6.33 Å². The van der Waals surface area contributed by atoms with Crippen molar-refractivity contribution < 1.29 is 4.79 Å². The normalized spacial score (nSPS) is 10.0. The Bertz CT molecular complexity index is 548. The molecule has 2 rings (SSSR count). The molecule has 0 amide bonds. The Hall–Kier alpha value is -2.15. The van der Waals surface area contributed by atoms with Crippen molar-refractivity contribution >= 4 is 22.6 Å². The zero-order valence-corrected chi connectivity index (χ0v) is 7.56. The monoisotopic (exact) mass is 185 g/mol. The van der Waals surface area contributed by atoms with E-state index >= 15 is 0 Å². The smallest absolute Gasteiger partial charge is 0.229 e. The van der Waals surface area contributed by atoms with Crippen molar-refractivity contribution in [3.8, 4) is 0 Å². The maximum atomic E-state index is 11.1. The molecule has 0 aliphatic heterocycles. The number of rotatable bonds is 0. The first-order chi connectivity index (χ1) is 6.72. The van der Waals surface area contributed by atoms with E-state index in [1.165, 1.54) is 17.8 Å².